The Balaban J connectivity index is 1.85. The summed E-state index contributed by atoms with van der Waals surface area (Å²) < 4.78 is 1.18. The zero-order chi connectivity index (χ0) is 11.7. The first kappa shape index (κ1) is 10.8. The number of benzene rings is 2. The molecular formula is C15H14BrN. The van der Waals surface area contributed by atoms with Crippen LogP contribution in [0, 0.1) is 0 Å². The molecule has 17 heavy (non-hydrogen) atoms. The smallest absolute Gasteiger partial charge is 0.0429 e. The molecule has 0 aliphatic carbocycles. The van der Waals surface area contributed by atoms with Crippen LogP contribution >= 0.6 is 15.9 Å². The monoisotopic (exact) mass is 287 g/mol. The Labute approximate surface area is 110 Å². The predicted octanol–water partition coefficient (Wildman–Crippen LogP) is 4.01. The minimum absolute atomic E-state index is 1.01. The first-order valence-corrected chi connectivity index (χ1v) is 6.69. The van der Waals surface area contributed by atoms with Gasteiger partial charge in [0.2, 0.25) is 0 Å². The highest BCUT2D eigenvalue weighted by atomic mass is 79.9. The molecule has 2 aromatic carbocycles. The highest BCUT2D eigenvalue weighted by Gasteiger charge is 2.18. The van der Waals surface area contributed by atoms with Crippen LogP contribution in [0.5, 0.6) is 0 Å². The van der Waals surface area contributed by atoms with E-state index < -0.39 is 0 Å². The SMILES string of the molecule is Brc1ccc2c(c1)CCN2Cc1ccccc1. The van der Waals surface area contributed by atoms with Gasteiger partial charge in [-0.3, -0.25) is 0 Å². The first-order valence-electron chi connectivity index (χ1n) is 5.90. The Kier molecular flexibility index (Phi) is 2.89. The number of hydrogen-bond donors (Lipinski definition) is 0. The van der Waals surface area contributed by atoms with Crippen molar-refractivity contribution in [1.29, 1.82) is 0 Å². The van der Waals surface area contributed by atoms with Crippen molar-refractivity contribution >= 4 is 21.6 Å². The van der Waals surface area contributed by atoms with Crippen molar-refractivity contribution in [2.45, 2.75) is 13.0 Å². The molecule has 86 valence electrons. The molecule has 3 rings (SSSR count). The Morgan fingerprint density at radius 2 is 1.88 bits per heavy atom. The lowest BCUT2D eigenvalue weighted by molar-refractivity contribution is 0.836. The Bertz CT molecular complexity index is 522. The van der Waals surface area contributed by atoms with Gasteiger partial charge in [0.25, 0.3) is 0 Å². The van der Waals surface area contributed by atoms with E-state index in [1.54, 1.807) is 0 Å². The quantitative estimate of drug-likeness (QED) is 0.807. The van der Waals surface area contributed by atoms with Gasteiger partial charge in [-0.15, -0.1) is 0 Å². The molecule has 0 radical (unpaired) electrons. The van der Waals surface area contributed by atoms with Gasteiger partial charge in [0.15, 0.2) is 0 Å². The molecule has 0 spiro atoms. The van der Waals surface area contributed by atoms with Crippen molar-refractivity contribution in [3.8, 4) is 0 Å². The normalized spacial score (nSPS) is 13.8. The number of anilines is 1. The van der Waals surface area contributed by atoms with E-state index in [0.29, 0.717) is 0 Å². The van der Waals surface area contributed by atoms with Crippen molar-refractivity contribution in [1.82, 2.24) is 0 Å². The van der Waals surface area contributed by atoms with Crippen molar-refractivity contribution in [3.05, 3.63) is 64.1 Å². The Morgan fingerprint density at radius 3 is 2.71 bits per heavy atom. The predicted molar refractivity (Wildman–Crippen MR) is 75.3 cm³/mol. The number of nitrogens with zero attached hydrogens (tertiary/aromatic N) is 1. The Morgan fingerprint density at radius 1 is 1.06 bits per heavy atom. The van der Waals surface area contributed by atoms with Crippen LogP contribution in [0.1, 0.15) is 11.1 Å². The molecule has 0 fully saturated rings. The average Bonchev–Trinajstić information content (AvgIpc) is 2.73. The third-order valence-electron chi connectivity index (χ3n) is 3.25. The number of fused-ring (bicyclic) bond motifs is 1. The third kappa shape index (κ3) is 2.22. The van der Waals surface area contributed by atoms with Gasteiger partial charge < -0.3 is 4.90 Å². The summed E-state index contributed by atoms with van der Waals surface area (Å²) in [6, 6.07) is 17.2. The molecular weight excluding hydrogens is 274 g/mol. The number of hydrogen-bond acceptors (Lipinski definition) is 1. The van der Waals surface area contributed by atoms with E-state index in [1.165, 1.54) is 21.3 Å². The van der Waals surface area contributed by atoms with Gasteiger partial charge in [0.05, 0.1) is 0 Å². The minimum Gasteiger partial charge on any atom is -0.367 e. The largest absolute Gasteiger partial charge is 0.367 e. The maximum absolute atomic E-state index is 3.53. The van der Waals surface area contributed by atoms with E-state index in [9.17, 15) is 0 Å². The van der Waals surface area contributed by atoms with E-state index >= 15 is 0 Å². The van der Waals surface area contributed by atoms with E-state index in [0.717, 1.165) is 19.5 Å². The molecule has 0 saturated carbocycles. The third-order valence-corrected chi connectivity index (χ3v) is 3.74. The van der Waals surface area contributed by atoms with E-state index in [4.69, 9.17) is 0 Å². The maximum Gasteiger partial charge on any atom is 0.0429 e. The van der Waals surface area contributed by atoms with Crippen LogP contribution in [0.4, 0.5) is 5.69 Å². The second kappa shape index (κ2) is 4.53. The summed E-state index contributed by atoms with van der Waals surface area (Å²) in [6.07, 6.45) is 1.15. The van der Waals surface area contributed by atoms with E-state index in [-0.39, 0.29) is 0 Å². The van der Waals surface area contributed by atoms with Crippen LogP contribution < -0.4 is 4.90 Å². The molecule has 0 amide bonds. The van der Waals surface area contributed by atoms with E-state index in [1.807, 2.05) is 0 Å². The van der Waals surface area contributed by atoms with Crippen LogP contribution in [0.25, 0.3) is 0 Å². The summed E-state index contributed by atoms with van der Waals surface area (Å²) in [7, 11) is 0. The molecule has 1 heterocycles. The van der Waals surface area contributed by atoms with Gasteiger partial charge in [-0.2, -0.15) is 0 Å². The van der Waals surface area contributed by atoms with Crippen LogP contribution in [0.15, 0.2) is 53.0 Å². The average molecular weight is 288 g/mol. The topological polar surface area (TPSA) is 3.24 Å². The standard InChI is InChI=1S/C15H14BrN/c16-14-6-7-15-13(10-14)8-9-17(15)11-12-4-2-1-3-5-12/h1-7,10H,8-9,11H2. The summed E-state index contributed by atoms with van der Waals surface area (Å²) in [4.78, 5) is 2.46. The van der Waals surface area contributed by atoms with Gasteiger partial charge in [-0.05, 0) is 35.7 Å². The van der Waals surface area contributed by atoms with Crippen molar-refractivity contribution in [2.75, 3.05) is 11.4 Å². The minimum atomic E-state index is 1.01. The maximum atomic E-state index is 3.53. The fraction of sp³-hybridized carbons (Fsp3) is 0.200. The summed E-state index contributed by atoms with van der Waals surface area (Å²) in [6.45, 7) is 2.14. The lowest BCUT2D eigenvalue weighted by Gasteiger charge is -2.19. The molecule has 0 bridgehead atoms. The molecule has 0 unspecified atom stereocenters. The zero-order valence-corrected chi connectivity index (χ0v) is 11.2. The zero-order valence-electron chi connectivity index (χ0n) is 9.57. The van der Waals surface area contributed by atoms with Crippen molar-refractivity contribution in [2.24, 2.45) is 0 Å². The summed E-state index contributed by atoms with van der Waals surface area (Å²) in [5, 5.41) is 0. The molecule has 2 heteroatoms. The van der Waals surface area contributed by atoms with Gasteiger partial charge in [-0.25, -0.2) is 0 Å². The Hall–Kier alpha value is -1.28. The molecule has 0 atom stereocenters. The van der Waals surface area contributed by atoms with Gasteiger partial charge >= 0.3 is 0 Å². The van der Waals surface area contributed by atoms with Crippen LogP contribution in [0.2, 0.25) is 0 Å². The molecule has 0 N–H and O–H groups in total. The molecule has 1 aliphatic heterocycles. The van der Waals surface area contributed by atoms with Crippen molar-refractivity contribution < 1.29 is 0 Å². The lowest BCUT2D eigenvalue weighted by atomic mass is 10.1. The van der Waals surface area contributed by atoms with Gasteiger partial charge in [-0.1, -0.05) is 46.3 Å². The molecule has 0 aromatic heterocycles. The van der Waals surface area contributed by atoms with Crippen LogP contribution in [0.3, 0.4) is 0 Å². The highest BCUT2D eigenvalue weighted by Crippen LogP contribution is 2.31. The van der Waals surface area contributed by atoms with Gasteiger partial charge in [0, 0.05) is 23.2 Å². The lowest BCUT2D eigenvalue weighted by Crippen LogP contribution is -2.19. The summed E-state index contributed by atoms with van der Waals surface area (Å²) in [5.74, 6) is 0. The molecule has 1 nitrogen and oxygen atoms in total. The number of halogens is 1. The molecule has 1 aliphatic rings. The first-order chi connectivity index (χ1) is 8.33. The van der Waals surface area contributed by atoms with Crippen LogP contribution in [-0.4, -0.2) is 6.54 Å². The summed E-state index contributed by atoms with van der Waals surface area (Å²) in [5.41, 5.74) is 4.22. The summed E-state index contributed by atoms with van der Waals surface area (Å²) >= 11 is 3.53. The molecule has 2 aromatic rings. The second-order valence-corrected chi connectivity index (χ2v) is 5.35. The van der Waals surface area contributed by atoms with E-state index in [2.05, 4.69) is 69.4 Å². The fourth-order valence-electron chi connectivity index (χ4n) is 2.41. The van der Waals surface area contributed by atoms with Crippen molar-refractivity contribution in [3.63, 3.8) is 0 Å². The second-order valence-electron chi connectivity index (χ2n) is 4.43. The fourth-order valence-corrected chi connectivity index (χ4v) is 2.82. The highest BCUT2D eigenvalue weighted by molar-refractivity contribution is 9.10. The van der Waals surface area contributed by atoms with Crippen LogP contribution in [-0.2, 0) is 13.0 Å². The van der Waals surface area contributed by atoms with Gasteiger partial charge in [0.1, 0.15) is 0 Å². The number of rotatable bonds is 2. The molecule has 0 saturated heterocycles.